The maximum atomic E-state index is 13.1. The highest BCUT2D eigenvalue weighted by atomic mass is 32.2. The van der Waals surface area contributed by atoms with Gasteiger partial charge < -0.3 is 9.80 Å². The van der Waals surface area contributed by atoms with Gasteiger partial charge in [0.25, 0.3) is 0 Å². The van der Waals surface area contributed by atoms with Crippen molar-refractivity contribution in [2.45, 2.75) is 56.5 Å². The van der Waals surface area contributed by atoms with Crippen LogP contribution in [-0.2, 0) is 34.0 Å². The summed E-state index contributed by atoms with van der Waals surface area (Å²) >= 11 is 0. The quantitative estimate of drug-likeness (QED) is 0.733. The van der Waals surface area contributed by atoms with Gasteiger partial charge in [0.05, 0.1) is 10.6 Å². The predicted octanol–water partition coefficient (Wildman–Crippen LogP) is 3.60. The van der Waals surface area contributed by atoms with E-state index in [1.807, 2.05) is 42.3 Å². The van der Waals surface area contributed by atoms with Gasteiger partial charge in [-0.15, -0.1) is 0 Å². The number of carbonyl (C=O) groups excluding carboxylic acids is 1. The zero-order chi connectivity index (χ0) is 21.3. The van der Waals surface area contributed by atoms with Gasteiger partial charge in [-0.1, -0.05) is 31.2 Å². The lowest BCUT2D eigenvalue weighted by molar-refractivity contribution is -0.133. The Morgan fingerprint density at radius 3 is 2.63 bits per heavy atom. The van der Waals surface area contributed by atoms with E-state index in [1.165, 1.54) is 5.56 Å². The normalized spacial score (nSPS) is 18.7. The molecule has 1 amide bonds. The van der Waals surface area contributed by atoms with E-state index in [4.69, 9.17) is 0 Å². The van der Waals surface area contributed by atoms with E-state index in [9.17, 15) is 13.2 Å². The molecule has 6 heteroatoms. The number of fused-ring (bicyclic) bond motifs is 2. The summed E-state index contributed by atoms with van der Waals surface area (Å²) in [6.07, 6.45) is 3.90. The molecule has 5 nitrogen and oxygen atoms in total. The van der Waals surface area contributed by atoms with Crippen molar-refractivity contribution in [1.82, 2.24) is 4.90 Å². The van der Waals surface area contributed by atoms with Crippen LogP contribution in [0.3, 0.4) is 0 Å². The lowest BCUT2D eigenvalue weighted by Crippen LogP contribution is -2.43. The fraction of sp³-hybridized carbons (Fsp3) is 0.458. The standard InChI is InChI=1S/C24H30N2O3S/c1-3-21-17-25(2)23-10-5-4-7-20(23)16-26(21)24(27)13-14-30(28,29)22-12-11-18-8-6-9-19(18)15-22/h4-5,7,10-12,15,21H,3,6,8-9,13-14,16-17H2,1-2H3. The van der Waals surface area contributed by atoms with E-state index in [0.717, 1.165) is 49.0 Å². The number of rotatable bonds is 5. The molecule has 2 aromatic rings. The summed E-state index contributed by atoms with van der Waals surface area (Å²) in [6, 6.07) is 13.6. The highest BCUT2D eigenvalue weighted by Gasteiger charge is 2.29. The molecule has 30 heavy (non-hydrogen) atoms. The molecule has 0 bridgehead atoms. The summed E-state index contributed by atoms with van der Waals surface area (Å²) in [6.45, 7) is 3.35. The largest absolute Gasteiger partial charge is 0.372 e. The summed E-state index contributed by atoms with van der Waals surface area (Å²) in [7, 11) is -1.43. The molecule has 0 radical (unpaired) electrons. The van der Waals surface area contributed by atoms with Gasteiger partial charge in [-0.2, -0.15) is 0 Å². The third kappa shape index (κ3) is 4.10. The molecule has 1 aliphatic carbocycles. The van der Waals surface area contributed by atoms with Gasteiger partial charge in [0.1, 0.15) is 0 Å². The van der Waals surface area contributed by atoms with E-state index in [0.29, 0.717) is 11.4 Å². The maximum absolute atomic E-state index is 13.1. The third-order valence-corrected chi connectivity index (χ3v) is 8.19. The number of aryl methyl sites for hydroxylation is 2. The van der Waals surface area contributed by atoms with Crippen LogP contribution in [0.1, 0.15) is 42.9 Å². The number of benzene rings is 2. The number of carbonyl (C=O) groups is 1. The Morgan fingerprint density at radius 2 is 1.83 bits per heavy atom. The number of sulfone groups is 1. The summed E-state index contributed by atoms with van der Waals surface area (Å²) in [5, 5.41) is 0. The molecular weight excluding hydrogens is 396 g/mol. The van der Waals surface area contributed by atoms with E-state index >= 15 is 0 Å². The molecule has 2 aromatic carbocycles. The second kappa shape index (κ2) is 8.42. The fourth-order valence-electron chi connectivity index (χ4n) is 4.71. The minimum atomic E-state index is -3.48. The average Bonchev–Trinajstić information content (AvgIpc) is 3.17. The molecule has 0 spiro atoms. The summed E-state index contributed by atoms with van der Waals surface area (Å²) in [5.41, 5.74) is 4.63. The number of amides is 1. The molecule has 0 fully saturated rings. The first-order valence-electron chi connectivity index (χ1n) is 10.8. The predicted molar refractivity (Wildman–Crippen MR) is 119 cm³/mol. The molecule has 160 valence electrons. The van der Waals surface area contributed by atoms with E-state index in [-0.39, 0.29) is 24.1 Å². The maximum Gasteiger partial charge on any atom is 0.224 e. The SMILES string of the molecule is CCC1CN(C)c2ccccc2CN1C(=O)CCS(=O)(=O)c1ccc2c(c1)CCC2. The zero-order valence-electron chi connectivity index (χ0n) is 17.8. The van der Waals surface area contributed by atoms with Crippen molar-refractivity contribution in [2.75, 3.05) is 24.2 Å². The van der Waals surface area contributed by atoms with Gasteiger partial charge in [-0.25, -0.2) is 8.42 Å². The van der Waals surface area contributed by atoms with E-state index in [1.54, 1.807) is 6.07 Å². The first kappa shape index (κ1) is 20.9. The molecule has 0 aromatic heterocycles. The van der Waals surface area contributed by atoms with Gasteiger partial charge in [0, 0.05) is 38.3 Å². The first-order valence-corrected chi connectivity index (χ1v) is 12.5. The molecule has 1 heterocycles. The molecule has 0 N–H and O–H groups in total. The van der Waals surface area contributed by atoms with Crippen molar-refractivity contribution in [1.29, 1.82) is 0 Å². The van der Waals surface area contributed by atoms with Crippen LogP contribution in [0.15, 0.2) is 47.4 Å². The van der Waals surface area contributed by atoms with Gasteiger partial charge in [0.2, 0.25) is 5.91 Å². The van der Waals surface area contributed by atoms with Crippen LogP contribution in [-0.4, -0.2) is 44.6 Å². The average molecular weight is 427 g/mol. The summed E-state index contributed by atoms with van der Waals surface area (Å²) in [5.74, 6) is -0.230. The van der Waals surface area contributed by atoms with E-state index in [2.05, 4.69) is 17.9 Å². The van der Waals surface area contributed by atoms with Crippen molar-refractivity contribution in [3.05, 3.63) is 59.2 Å². The molecule has 4 rings (SSSR count). The van der Waals surface area contributed by atoms with Gasteiger partial charge in [-0.3, -0.25) is 4.79 Å². The number of hydrogen-bond donors (Lipinski definition) is 0. The smallest absolute Gasteiger partial charge is 0.224 e. The third-order valence-electron chi connectivity index (χ3n) is 6.47. The van der Waals surface area contributed by atoms with Crippen molar-refractivity contribution >= 4 is 21.4 Å². The van der Waals surface area contributed by atoms with Crippen molar-refractivity contribution in [3.8, 4) is 0 Å². The van der Waals surface area contributed by atoms with Crippen LogP contribution in [0.5, 0.6) is 0 Å². The Bertz CT molecular complexity index is 1050. The van der Waals surface area contributed by atoms with E-state index < -0.39 is 9.84 Å². The minimum absolute atomic E-state index is 0.0157. The lowest BCUT2D eigenvalue weighted by atomic mass is 10.1. The Hall–Kier alpha value is -2.34. The summed E-state index contributed by atoms with van der Waals surface area (Å²) < 4.78 is 25.8. The van der Waals surface area contributed by atoms with Crippen LogP contribution in [0, 0.1) is 0 Å². The van der Waals surface area contributed by atoms with Gasteiger partial charge in [0.15, 0.2) is 9.84 Å². The minimum Gasteiger partial charge on any atom is -0.372 e. The Labute approximate surface area is 179 Å². The fourth-order valence-corrected chi connectivity index (χ4v) is 5.98. The van der Waals surface area contributed by atoms with Gasteiger partial charge in [-0.05, 0) is 60.6 Å². The highest BCUT2D eigenvalue weighted by Crippen LogP contribution is 2.28. The molecule has 0 saturated heterocycles. The Balaban J connectivity index is 1.50. The molecule has 2 aliphatic rings. The van der Waals surface area contributed by atoms with Crippen molar-refractivity contribution in [3.63, 3.8) is 0 Å². The number of nitrogens with zero attached hydrogens (tertiary/aromatic N) is 2. The second-order valence-corrected chi connectivity index (χ2v) is 10.6. The number of hydrogen-bond acceptors (Lipinski definition) is 4. The van der Waals surface area contributed by atoms with Crippen molar-refractivity contribution < 1.29 is 13.2 Å². The first-order chi connectivity index (χ1) is 14.4. The van der Waals surface area contributed by atoms with Crippen molar-refractivity contribution in [2.24, 2.45) is 0 Å². The van der Waals surface area contributed by atoms with Crippen LogP contribution >= 0.6 is 0 Å². The monoisotopic (exact) mass is 426 g/mol. The Morgan fingerprint density at radius 1 is 1.07 bits per heavy atom. The zero-order valence-corrected chi connectivity index (χ0v) is 18.6. The Kier molecular flexibility index (Phi) is 5.87. The van der Waals surface area contributed by atoms with Crippen LogP contribution < -0.4 is 4.90 Å². The number of anilines is 1. The molecule has 1 unspecified atom stereocenters. The lowest BCUT2D eigenvalue weighted by Gasteiger charge is -2.30. The van der Waals surface area contributed by atoms with Crippen LogP contribution in [0.25, 0.3) is 0 Å². The number of para-hydroxylation sites is 1. The number of likely N-dealkylation sites (N-methyl/N-ethyl adjacent to an activating group) is 1. The van der Waals surface area contributed by atoms with Crippen LogP contribution in [0.2, 0.25) is 0 Å². The molecule has 1 aliphatic heterocycles. The molecular formula is C24H30N2O3S. The van der Waals surface area contributed by atoms with Gasteiger partial charge >= 0.3 is 0 Å². The molecule has 1 atom stereocenters. The molecule has 0 saturated carbocycles. The highest BCUT2D eigenvalue weighted by molar-refractivity contribution is 7.91. The summed E-state index contributed by atoms with van der Waals surface area (Å²) in [4.78, 5) is 17.6. The topological polar surface area (TPSA) is 57.7 Å². The van der Waals surface area contributed by atoms with Crippen LogP contribution in [0.4, 0.5) is 5.69 Å². The second-order valence-electron chi connectivity index (χ2n) is 8.45.